The first kappa shape index (κ1) is 14.6. The summed E-state index contributed by atoms with van der Waals surface area (Å²) in [6.07, 6.45) is 7.23. The molecule has 3 aromatic heterocycles. The van der Waals surface area contributed by atoms with Gasteiger partial charge < -0.3 is 9.80 Å². The van der Waals surface area contributed by atoms with Crippen molar-refractivity contribution in [2.75, 3.05) is 36.0 Å². The molecule has 0 radical (unpaired) electrons. The van der Waals surface area contributed by atoms with Crippen molar-refractivity contribution in [3.63, 3.8) is 0 Å². The molecule has 0 atom stereocenters. The molecular formula is C17H19N7. The molecule has 122 valence electrons. The Hall–Kier alpha value is -2.96. The molecule has 0 saturated carbocycles. The summed E-state index contributed by atoms with van der Waals surface area (Å²) in [4.78, 5) is 17.8. The Morgan fingerprint density at radius 3 is 2.29 bits per heavy atom. The molecule has 4 heterocycles. The van der Waals surface area contributed by atoms with Gasteiger partial charge in [-0.3, -0.25) is 0 Å². The number of aryl methyl sites for hydroxylation is 1. The Balaban J connectivity index is 1.48. The zero-order chi connectivity index (χ0) is 16.4. The van der Waals surface area contributed by atoms with E-state index in [0.717, 1.165) is 49.2 Å². The van der Waals surface area contributed by atoms with E-state index in [-0.39, 0.29) is 0 Å². The van der Waals surface area contributed by atoms with Crippen molar-refractivity contribution in [2.24, 2.45) is 0 Å². The maximum Gasteiger partial charge on any atom is 0.158 e. The summed E-state index contributed by atoms with van der Waals surface area (Å²) in [6.45, 7) is 5.69. The van der Waals surface area contributed by atoms with E-state index in [1.807, 2.05) is 43.7 Å². The molecule has 7 heteroatoms. The predicted octanol–water partition coefficient (Wildman–Crippen LogP) is 1.69. The third-order valence-corrected chi connectivity index (χ3v) is 4.16. The highest BCUT2D eigenvalue weighted by molar-refractivity contribution is 5.47. The minimum Gasteiger partial charge on any atom is -0.353 e. The average Bonchev–Trinajstić information content (AvgIpc) is 3.09. The van der Waals surface area contributed by atoms with Crippen molar-refractivity contribution in [3.05, 3.63) is 54.7 Å². The van der Waals surface area contributed by atoms with Crippen LogP contribution < -0.4 is 9.80 Å². The maximum atomic E-state index is 4.43. The van der Waals surface area contributed by atoms with Crippen LogP contribution >= 0.6 is 0 Å². The quantitative estimate of drug-likeness (QED) is 0.731. The molecule has 1 saturated heterocycles. The normalized spacial score (nSPS) is 14.9. The van der Waals surface area contributed by atoms with Gasteiger partial charge in [0.2, 0.25) is 0 Å². The highest BCUT2D eigenvalue weighted by Gasteiger charge is 2.19. The number of rotatable bonds is 3. The number of pyridine rings is 1. The van der Waals surface area contributed by atoms with E-state index in [0.29, 0.717) is 0 Å². The lowest BCUT2D eigenvalue weighted by Gasteiger charge is -2.36. The fraction of sp³-hybridized carbons (Fsp3) is 0.294. The van der Waals surface area contributed by atoms with E-state index in [1.54, 1.807) is 11.0 Å². The second-order valence-electron chi connectivity index (χ2n) is 5.86. The number of piperazine rings is 1. The Labute approximate surface area is 140 Å². The summed E-state index contributed by atoms with van der Waals surface area (Å²) in [7, 11) is 0. The summed E-state index contributed by atoms with van der Waals surface area (Å²) >= 11 is 0. The average molecular weight is 321 g/mol. The fourth-order valence-electron chi connectivity index (χ4n) is 2.88. The molecule has 4 rings (SSSR count). The summed E-state index contributed by atoms with van der Waals surface area (Å²) in [5.41, 5.74) is 1.11. The molecule has 0 aromatic carbocycles. The summed E-state index contributed by atoms with van der Waals surface area (Å²) < 4.78 is 1.78. The SMILES string of the molecule is Cc1cnn(-c2cc(N3CCN(c4ccccn4)CC3)ncn2)c1. The van der Waals surface area contributed by atoms with E-state index in [1.165, 1.54) is 0 Å². The molecule has 3 aromatic rings. The molecule has 1 fully saturated rings. The molecule has 0 unspecified atom stereocenters. The van der Waals surface area contributed by atoms with Crippen molar-refractivity contribution >= 4 is 11.6 Å². The minimum absolute atomic E-state index is 0.792. The van der Waals surface area contributed by atoms with E-state index >= 15 is 0 Å². The van der Waals surface area contributed by atoms with Crippen LogP contribution in [0.1, 0.15) is 5.56 Å². The van der Waals surface area contributed by atoms with Gasteiger partial charge in [0.05, 0.1) is 6.20 Å². The van der Waals surface area contributed by atoms with Gasteiger partial charge in [-0.25, -0.2) is 19.6 Å². The van der Waals surface area contributed by atoms with Crippen molar-refractivity contribution < 1.29 is 0 Å². The number of nitrogens with zero attached hydrogens (tertiary/aromatic N) is 7. The van der Waals surface area contributed by atoms with Gasteiger partial charge in [0.15, 0.2) is 5.82 Å². The summed E-state index contributed by atoms with van der Waals surface area (Å²) in [5, 5.41) is 4.32. The molecule has 0 aliphatic carbocycles. The molecule has 1 aliphatic heterocycles. The van der Waals surface area contributed by atoms with Gasteiger partial charge in [0.1, 0.15) is 18.0 Å². The number of hydrogen-bond donors (Lipinski definition) is 0. The Morgan fingerprint density at radius 2 is 1.62 bits per heavy atom. The molecule has 0 N–H and O–H groups in total. The third-order valence-electron chi connectivity index (χ3n) is 4.16. The van der Waals surface area contributed by atoms with Crippen molar-refractivity contribution in [1.29, 1.82) is 0 Å². The smallest absolute Gasteiger partial charge is 0.158 e. The fourth-order valence-corrected chi connectivity index (χ4v) is 2.88. The van der Waals surface area contributed by atoms with Gasteiger partial charge in [-0.05, 0) is 24.6 Å². The van der Waals surface area contributed by atoms with Crippen LogP contribution in [0.4, 0.5) is 11.6 Å². The maximum absolute atomic E-state index is 4.43. The number of hydrogen-bond acceptors (Lipinski definition) is 6. The lowest BCUT2D eigenvalue weighted by atomic mass is 10.3. The van der Waals surface area contributed by atoms with Gasteiger partial charge >= 0.3 is 0 Å². The van der Waals surface area contributed by atoms with Gasteiger partial charge in [-0.15, -0.1) is 0 Å². The van der Waals surface area contributed by atoms with Crippen LogP contribution in [0.2, 0.25) is 0 Å². The second-order valence-corrected chi connectivity index (χ2v) is 5.86. The van der Waals surface area contributed by atoms with E-state index in [4.69, 9.17) is 0 Å². The van der Waals surface area contributed by atoms with Crippen molar-refractivity contribution in [1.82, 2.24) is 24.7 Å². The van der Waals surface area contributed by atoms with Crippen LogP contribution in [0.5, 0.6) is 0 Å². The predicted molar refractivity (Wildman–Crippen MR) is 92.6 cm³/mol. The third kappa shape index (κ3) is 2.92. The van der Waals surface area contributed by atoms with Crippen LogP contribution in [0.3, 0.4) is 0 Å². The Kier molecular flexibility index (Phi) is 3.82. The van der Waals surface area contributed by atoms with E-state index in [2.05, 4.69) is 35.9 Å². The standard InChI is InChI=1S/C17H19N7/c1-14-11-21-24(12-14)17-10-16(19-13-20-17)23-8-6-22(7-9-23)15-4-2-3-5-18-15/h2-5,10-13H,6-9H2,1H3. The van der Waals surface area contributed by atoms with Crippen LogP contribution in [0.25, 0.3) is 5.82 Å². The zero-order valence-electron chi connectivity index (χ0n) is 13.6. The van der Waals surface area contributed by atoms with E-state index < -0.39 is 0 Å². The highest BCUT2D eigenvalue weighted by Crippen LogP contribution is 2.18. The molecule has 0 bridgehead atoms. The lowest BCUT2D eigenvalue weighted by Crippen LogP contribution is -2.47. The van der Waals surface area contributed by atoms with Crippen molar-refractivity contribution in [2.45, 2.75) is 6.92 Å². The van der Waals surface area contributed by atoms with Crippen LogP contribution in [-0.2, 0) is 0 Å². The molecule has 24 heavy (non-hydrogen) atoms. The monoisotopic (exact) mass is 321 g/mol. The summed E-state index contributed by atoms with van der Waals surface area (Å²) in [5.74, 6) is 2.77. The number of anilines is 2. The molecular weight excluding hydrogens is 302 g/mol. The molecule has 7 nitrogen and oxygen atoms in total. The first-order valence-corrected chi connectivity index (χ1v) is 8.04. The Bertz CT molecular complexity index is 807. The highest BCUT2D eigenvalue weighted by atomic mass is 15.3. The second kappa shape index (κ2) is 6.27. The van der Waals surface area contributed by atoms with Gasteiger partial charge in [0.25, 0.3) is 0 Å². The van der Waals surface area contributed by atoms with Crippen molar-refractivity contribution in [3.8, 4) is 5.82 Å². The van der Waals surface area contributed by atoms with Crippen LogP contribution in [-0.4, -0.2) is 50.9 Å². The van der Waals surface area contributed by atoms with E-state index in [9.17, 15) is 0 Å². The lowest BCUT2D eigenvalue weighted by molar-refractivity contribution is 0.640. The number of aromatic nitrogens is 5. The minimum atomic E-state index is 0.792. The topological polar surface area (TPSA) is 63.0 Å². The zero-order valence-corrected chi connectivity index (χ0v) is 13.6. The Morgan fingerprint density at radius 1 is 0.875 bits per heavy atom. The van der Waals surface area contributed by atoms with Crippen LogP contribution in [0.15, 0.2) is 49.2 Å². The molecule has 0 amide bonds. The molecule has 0 spiro atoms. The van der Waals surface area contributed by atoms with Gasteiger partial charge in [0, 0.05) is 44.6 Å². The van der Waals surface area contributed by atoms with Crippen LogP contribution in [0, 0.1) is 6.92 Å². The van der Waals surface area contributed by atoms with Gasteiger partial charge in [-0.2, -0.15) is 5.10 Å². The first-order valence-electron chi connectivity index (χ1n) is 8.04. The molecule has 1 aliphatic rings. The first-order chi connectivity index (χ1) is 11.8. The largest absolute Gasteiger partial charge is 0.353 e. The van der Waals surface area contributed by atoms with Gasteiger partial charge in [-0.1, -0.05) is 6.07 Å². The summed E-state index contributed by atoms with van der Waals surface area (Å²) in [6, 6.07) is 8.01.